The highest BCUT2D eigenvalue weighted by Gasteiger charge is 2.25. The predicted octanol–water partition coefficient (Wildman–Crippen LogP) is 5.96. The van der Waals surface area contributed by atoms with Crippen molar-refractivity contribution in [3.63, 3.8) is 0 Å². The first-order chi connectivity index (χ1) is 17.7. The molecule has 1 saturated carbocycles. The van der Waals surface area contributed by atoms with Gasteiger partial charge in [0, 0.05) is 24.1 Å². The van der Waals surface area contributed by atoms with Crippen LogP contribution >= 0.6 is 0 Å². The highest BCUT2D eigenvalue weighted by molar-refractivity contribution is 5.94. The maximum absolute atomic E-state index is 13.3. The van der Waals surface area contributed by atoms with Gasteiger partial charge in [-0.2, -0.15) is 5.10 Å². The molecule has 37 heavy (non-hydrogen) atoms. The summed E-state index contributed by atoms with van der Waals surface area (Å²) in [5, 5.41) is 11.0. The lowest BCUT2D eigenvalue weighted by Crippen LogP contribution is -2.47. The van der Waals surface area contributed by atoms with E-state index in [1.165, 1.54) is 6.42 Å². The third-order valence-electron chi connectivity index (χ3n) is 6.79. The first-order valence-corrected chi connectivity index (χ1v) is 13.3. The molecule has 0 atom stereocenters. The predicted molar refractivity (Wildman–Crippen MR) is 148 cm³/mol. The second-order valence-corrected chi connectivity index (χ2v) is 11.1. The van der Waals surface area contributed by atoms with Gasteiger partial charge < -0.3 is 15.5 Å². The van der Waals surface area contributed by atoms with Crippen LogP contribution in [0.1, 0.15) is 69.7 Å². The molecule has 2 N–H and O–H groups in total. The molecule has 196 valence electrons. The summed E-state index contributed by atoms with van der Waals surface area (Å²) < 4.78 is 1.77. The van der Waals surface area contributed by atoms with Crippen molar-refractivity contribution in [1.82, 2.24) is 20.0 Å². The Balaban J connectivity index is 1.54. The highest BCUT2D eigenvalue weighted by Crippen LogP contribution is 2.26. The maximum Gasteiger partial charge on any atom is 0.318 e. The van der Waals surface area contributed by atoms with Crippen LogP contribution in [0.3, 0.4) is 0 Å². The monoisotopic (exact) mass is 501 g/mol. The Morgan fingerprint density at radius 3 is 2.32 bits per heavy atom. The van der Waals surface area contributed by atoms with Crippen molar-refractivity contribution in [2.75, 3.05) is 11.9 Å². The number of aromatic nitrogens is 2. The molecule has 7 heteroatoms. The van der Waals surface area contributed by atoms with E-state index in [0.717, 1.165) is 48.2 Å². The SMILES string of the molecule is Cc1ccc(-n2nc(C(C)(C)C)cc2NC(=O)CN(Cc2ccccc2)C(=O)NC2CCCCC2)cc1. The number of hydrogen-bond acceptors (Lipinski definition) is 3. The van der Waals surface area contributed by atoms with Gasteiger partial charge in [-0.1, -0.05) is 88.1 Å². The molecule has 1 aromatic heterocycles. The molecule has 2 aromatic carbocycles. The van der Waals surface area contributed by atoms with Crippen LogP contribution in [0.2, 0.25) is 0 Å². The second kappa shape index (κ2) is 11.6. The molecule has 0 saturated heterocycles. The van der Waals surface area contributed by atoms with Crippen molar-refractivity contribution < 1.29 is 9.59 Å². The fraction of sp³-hybridized carbons (Fsp3) is 0.433. The molecular weight excluding hydrogens is 462 g/mol. The summed E-state index contributed by atoms with van der Waals surface area (Å²) in [5.41, 5.74) is 3.69. The number of benzene rings is 2. The van der Waals surface area contributed by atoms with Gasteiger partial charge in [0.25, 0.3) is 0 Å². The number of carbonyl (C=O) groups excluding carboxylic acids is 2. The van der Waals surface area contributed by atoms with Crippen LogP contribution in [-0.2, 0) is 16.8 Å². The molecule has 3 aromatic rings. The fourth-order valence-electron chi connectivity index (χ4n) is 4.59. The minimum absolute atomic E-state index is 0.0582. The van der Waals surface area contributed by atoms with Crippen LogP contribution in [0.15, 0.2) is 60.7 Å². The lowest BCUT2D eigenvalue weighted by atomic mass is 9.92. The standard InChI is InChI=1S/C30H39N5O2/c1-22-15-17-25(18-16-22)35-27(19-26(33-35)30(2,3)4)32-28(36)21-34(20-23-11-7-5-8-12-23)29(37)31-24-13-9-6-10-14-24/h5,7-8,11-12,15-19,24H,6,9-10,13-14,20-21H2,1-4H3,(H,31,37)(H,32,36). The van der Waals surface area contributed by atoms with E-state index in [1.54, 1.807) is 9.58 Å². The van der Waals surface area contributed by atoms with Crippen molar-refractivity contribution in [2.24, 2.45) is 0 Å². The van der Waals surface area contributed by atoms with Crippen LogP contribution in [0, 0.1) is 6.92 Å². The summed E-state index contributed by atoms with van der Waals surface area (Å²) in [5.74, 6) is 0.328. The van der Waals surface area contributed by atoms with Crippen LogP contribution in [0.25, 0.3) is 5.69 Å². The van der Waals surface area contributed by atoms with Gasteiger partial charge in [0.1, 0.15) is 12.4 Å². The van der Waals surface area contributed by atoms with Crippen molar-refractivity contribution in [3.8, 4) is 5.69 Å². The number of anilines is 1. The molecule has 0 unspecified atom stereocenters. The summed E-state index contributed by atoms with van der Waals surface area (Å²) in [6, 6.07) is 19.7. The van der Waals surface area contributed by atoms with E-state index in [-0.39, 0.29) is 29.9 Å². The lowest BCUT2D eigenvalue weighted by Gasteiger charge is -2.28. The minimum Gasteiger partial charge on any atom is -0.335 e. The average Bonchev–Trinajstić information content (AvgIpc) is 3.29. The lowest BCUT2D eigenvalue weighted by molar-refractivity contribution is -0.116. The molecule has 1 heterocycles. The van der Waals surface area contributed by atoms with E-state index < -0.39 is 0 Å². The van der Waals surface area contributed by atoms with E-state index in [4.69, 9.17) is 5.10 Å². The minimum atomic E-state index is -0.261. The van der Waals surface area contributed by atoms with E-state index in [1.807, 2.05) is 67.6 Å². The molecule has 0 aliphatic heterocycles. The number of urea groups is 1. The number of aryl methyl sites for hydroxylation is 1. The smallest absolute Gasteiger partial charge is 0.318 e. The Labute approximate surface area is 220 Å². The summed E-state index contributed by atoms with van der Waals surface area (Å²) in [6.45, 7) is 8.62. The third-order valence-corrected chi connectivity index (χ3v) is 6.79. The first kappa shape index (κ1) is 26.5. The van der Waals surface area contributed by atoms with Crippen molar-refractivity contribution in [2.45, 2.75) is 77.8 Å². The van der Waals surface area contributed by atoms with Gasteiger partial charge >= 0.3 is 6.03 Å². The van der Waals surface area contributed by atoms with E-state index in [0.29, 0.717) is 12.4 Å². The van der Waals surface area contributed by atoms with Crippen LogP contribution in [-0.4, -0.2) is 39.2 Å². The Kier molecular flexibility index (Phi) is 8.31. The summed E-state index contributed by atoms with van der Waals surface area (Å²) in [7, 11) is 0. The van der Waals surface area contributed by atoms with Crippen LogP contribution in [0.5, 0.6) is 0 Å². The van der Waals surface area contributed by atoms with Gasteiger partial charge in [0.2, 0.25) is 5.91 Å². The Morgan fingerprint density at radius 1 is 1.00 bits per heavy atom. The Bertz CT molecular complexity index is 1190. The molecule has 0 spiro atoms. The molecule has 1 aliphatic carbocycles. The fourth-order valence-corrected chi connectivity index (χ4v) is 4.59. The Morgan fingerprint density at radius 2 is 1.68 bits per heavy atom. The third kappa shape index (κ3) is 7.21. The van der Waals surface area contributed by atoms with Crippen molar-refractivity contribution in [3.05, 3.63) is 77.5 Å². The second-order valence-electron chi connectivity index (χ2n) is 11.1. The zero-order chi connectivity index (χ0) is 26.4. The average molecular weight is 502 g/mol. The van der Waals surface area contributed by atoms with Gasteiger partial charge in [-0.15, -0.1) is 0 Å². The normalized spacial score (nSPS) is 14.3. The van der Waals surface area contributed by atoms with Crippen LogP contribution < -0.4 is 10.6 Å². The van der Waals surface area contributed by atoms with E-state index in [9.17, 15) is 9.59 Å². The van der Waals surface area contributed by atoms with Crippen LogP contribution in [0.4, 0.5) is 10.6 Å². The van der Waals surface area contributed by atoms with E-state index >= 15 is 0 Å². The van der Waals surface area contributed by atoms with Gasteiger partial charge in [-0.05, 0) is 37.5 Å². The molecule has 1 aliphatic rings. The topological polar surface area (TPSA) is 79.3 Å². The van der Waals surface area contributed by atoms with Gasteiger partial charge in [0.15, 0.2) is 0 Å². The summed E-state index contributed by atoms with van der Waals surface area (Å²) in [4.78, 5) is 28.2. The molecule has 0 radical (unpaired) electrons. The number of amides is 3. The highest BCUT2D eigenvalue weighted by atomic mass is 16.2. The number of rotatable bonds is 7. The zero-order valence-electron chi connectivity index (χ0n) is 22.5. The van der Waals surface area contributed by atoms with Gasteiger partial charge in [0.05, 0.1) is 11.4 Å². The molecule has 1 fully saturated rings. The largest absolute Gasteiger partial charge is 0.335 e. The van der Waals surface area contributed by atoms with Crippen molar-refractivity contribution in [1.29, 1.82) is 0 Å². The van der Waals surface area contributed by atoms with Gasteiger partial charge in [-0.3, -0.25) is 4.79 Å². The Hall–Kier alpha value is -3.61. The molecule has 4 rings (SSSR count). The van der Waals surface area contributed by atoms with Crippen molar-refractivity contribution >= 4 is 17.8 Å². The number of carbonyl (C=O) groups is 2. The molecule has 0 bridgehead atoms. The quantitative estimate of drug-likeness (QED) is 0.419. The summed E-state index contributed by atoms with van der Waals surface area (Å²) >= 11 is 0. The zero-order valence-corrected chi connectivity index (χ0v) is 22.5. The van der Waals surface area contributed by atoms with Gasteiger partial charge in [-0.25, -0.2) is 9.48 Å². The maximum atomic E-state index is 13.3. The molecule has 7 nitrogen and oxygen atoms in total. The molecular formula is C30H39N5O2. The molecule has 3 amide bonds. The summed E-state index contributed by atoms with van der Waals surface area (Å²) in [6.07, 6.45) is 5.45. The number of hydrogen-bond donors (Lipinski definition) is 2. The van der Waals surface area contributed by atoms with E-state index in [2.05, 4.69) is 31.4 Å². The first-order valence-electron chi connectivity index (χ1n) is 13.3. The number of nitrogens with one attached hydrogen (secondary N) is 2. The number of nitrogens with zero attached hydrogens (tertiary/aromatic N) is 3.